The second kappa shape index (κ2) is 8.24. The first kappa shape index (κ1) is 17.6. The molecule has 1 unspecified atom stereocenters. The van der Waals surface area contributed by atoms with Gasteiger partial charge >= 0.3 is 0 Å². The van der Waals surface area contributed by atoms with Crippen LogP contribution >= 0.6 is 15.9 Å². The van der Waals surface area contributed by atoms with Gasteiger partial charge in [-0.1, -0.05) is 22.9 Å². The molecule has 24 heavy (non-hydrogen) atoms. The molecule has 4 nitrogen and oxygen atoms in total. The predicted molar refractivity (Wildman–Crippen MR) is 106 cm³/mol. The molecule has 2 saturated heterocycles. The second-order valence-corrected chi connectivity index (χ2v) is 8.09. The number of piperidine rings is 1. The predicted octanol–water partition coefficient (Wildman–Crippen LogP) is 3.58. The van der Waals surface area contributed by atoms with Crippen LogP contribution in [-0.4, -0.2) is 50.6 Å². The number of guanidine groups is 1. The van der Waals surface area contributed by atoms with Crippen molar-refractivity contribution in [1.29, 1.82) is 0 Å². The molecule has 2 aliphatic heterocycles. The van der Waals surface area contributed by atoms with Gasteiger partial charge in [0.05, 0.1) is 0 Å². The van der Waals surface area contributed by atoms with Crippen molar-refractivity contribution in [2.45, 2.75) is 26.2 Å². The minimum Gasteiger partial charge on any atom is -0.371 e. The molecule has 2 fully saturated rings. The van der Waals surface area contributed by atoms with E-state index in [0.29, 0.717) is 5.92 Å². The molecule has 0 bridgehead atoms. The lowest BCUT2D eigenvalue weighted by atomic mass is 9.99. The Bertz CT molecular complexity index is 549. The van der Waals surface area contributed by atoms with Gasteiger partial charge < -0.3 is 15.1 Å². The summed E-state index contributed by atoms with van der Waals surface area (Å²) < 4.78 is 1.14. The van der Waals surface area contributed by atoms with Crippen LogP contribution in [0.25, 0.3) is 0 Å². The number of benzene rings is 1. The largest absolute Gasteiger partial charge is 0.371 e. The van der Waals surface area contributed by atoms with E-state index < -0.39 is 0 Å². The lowest BCUT2D eigenvalue weighted by molar-refractivity contribution is 0.272. The zero-order valence-electron chi connectivity index (χ0n) is 14.8. The fourth-order valence-corrected chi connectivity index (χ4v) is 3.94. The van der Waals surface area contributed by atoms with E-state index in [1.165, 1.54) is 24.9 Å². The second-order valence-electron chi connectivity index (χ2n) is 7.17. The molecule has 0 amide bonds. The Hall–Kier alpha value is -1.23. The SMILES string of the molecule is CN=C(NCC1CCN(c2ccc(Br)cc2)C1)N1CCC(C)CC1. The van der Waals surface area contributed by atoms with Gasteiger partial charge in [0.2, 0.25) is 0 Å². The van der Waals surface area contributed by atoms with Crippen molar-refractivity contribution in [2.24, 2.45) is 16.8 Å². The normalized spacial score (nSPS) is 23.0. The Morgan fingerprint density at radius 3 is 2.54 bits per heavy atom. The van der Waals surface area contributed by atoms with Crippen molar-refractivity contribution in [1.82, 2.24) is 10.2 Å². The molecule has 0 aromatic heterocycles. The Morgan fingerprint density at radius 1 is 1.17 bits per heavy atom. The fourth-order valence-electron chi connectivity index (χ4n) is 3.67. The van der Waals surface area contributed by atoms with Crippen molar-refractivity contribution in [3.63, 3.8) is 0 Å². The Kier molecular flexibility index (Phi) is 6.04. The standard InChI is InChI=1S/C19H29BrN4/c1-15-7-10-23(11-8-15)19(21-2)22-13-16-9-12-24(14-16)18-5-3-17(20)4-6-18/h3-6,15-16H,7-14H2,1-2H3,(H,21,22). The van der Waals surface area contributed by atoms with E-state index in [1.54, 1.807) is 0 Å². The van der Waals surface area contributed by atoms with Crippen molar-refractivity contribution < 1.29 is 0 Å². The van der Waals surface area contributed by atoms with Gasteiger partial charge in [-0.05, 0) is 55.4 Å². The highest BCUT2D eigenvalue weighted by Gasteiger charge is 2.24. The van der Waals surface area contributed by atoms with E-state index in [0.717, 1.165) is 49.1 Å². The summed E-state index contributed by atoms with van der Waals surface area (Å²) in [5.74, 6) is 2.63. The van der Waals surface area contributed by atoms with E-state index in [1.807, 2.05) is 7.05 Å². The molecule has 1 atom stereocenters. The molecule has 2 aliphatic rings. The molecule has 5 heteroatoms. The van der Waals surface area contributed by atoms with Crippen LogP contribution < -0.4 is 10.2 Å². The van der Waals surface area contributed by atoms with Gasteiger partial charge in [-0.3, -0.25) is 4.99 Å². The lowest BCUT2D eigenvalue weighted by Crippen LogP contribution is -2.46. The maximum absolute atomic E-state index is 4.50. The average molecular weight is 393 g/mol. The van der Waals surface area contributed by atoms with Crippen LogP contribution in [0.4, 0.5) is 5.69 Å². The Balaban J connectivity index is 1.47. The zero-order chi connectivity index (χ0) is 16.9. The molecule has 0 spiro atoms. The number of rotatable bonds is 3. The van der Waals surface area contributed by atoms with Crippen molar-refractivity contribution in [3.8, 4) is 0 Å². The summed E-state index contributed by atoms with van der Waals surface area (Å²) in [4.78, 5) is 9.41. The van der Waals surface area contributed by atoms with Crippen LogP contribution in [0.2, 0.25) is 0 Å². The number of hydrogen-bond acceptors (Lipinski definition) is 2. The highest BCUT2D eigenvalue weighted by molar-refractivity contribution is 9.10. The number of anilines is 1. The number of nitrogens with zero attached hydrogens (tertiary/aromatic N) is 3. The highest BCUT2D eigenvalue weighted by Crippen LogP contribution is 2.25. The third kappa shape index (κ3) is 4.44. The number of likely N-dealkylation sites (tertiary alicyclic amines) is 1. The van der Waals surface area contributed by atoms with Crippen molar-refractivity contribution >= 4 is 27.6 Å². The maximum atomic E-state index is 4.50. The third-order valence-corrected chi connectivity index (χ3v) is 5.85. The molecule has 0 saturated carbocycles. The monoisotopic (exact) mass is 392 g/mol. The fraction of sp³-hybridized carbons (Fsp3) is 0.632. The maximum Gasteiger partial charge on any atom is 0.193 e. The van der Waals surface area contributed by atoms with Gasteiger partial charge in [-0.2, -0.15) is 0 Å². The third-order valence-electron chi connectivity index (χ3n) is 5.32. The molecule has 0 radical (unpaired) electrons. The van der Waals surface area contributed by atoms with Gasteiger partial charge in [-0.15, -0.1) is 0 Å². The average Bonchev–Trinajstić information content (AvgIpc) is 3.06. The summed E-state index contributed by atoms with van der Waals surface area (Å²) in [6, 6.07) is 8.65. The molecule has 1 aromatic rings. The van der Waals surface area contributed by atoms with Gasteiger partial charge in [0.25, 0.3) is 0 Å². The summed E-state index contributed by atoms with van der Waals surface area (Å²) in [6.07, 6.45) is 3.81. The van der Waals surface area contributed by atoms with E-state index in [9.17, 15) is 0 Å². The van der Waals surface area contributed by atoms with E-state index in [-0.39, 0.29) is 0 Å². The molecular weight excluding hydrogens is 364 g/mol. The molecular formula is C19H29BrN4. The number of hydrogen-bond donors (Lipinski definition) is 1. The number of halogens is 1. The highest BCUT2D eigenvalue weighted by atomic mass is 79.9. The Labute approximate surface area is 154 Å². The Morgan fingerprint density at radius 2 is 1.88 bits per heavy atom. The summed E-state index contributed by atoms with van der Waals surface area (Å²) >= 11 is 3.51. The van der Waals surface area contributed by atoms with Gasteiger partial charge in [-0.25, -0.2) is 0 Å². The molecule has 132 valence electrons. The van der Waals surface area contributed by atoms with Crippen LogP contribution in [0.1, 0.15) is 26.2 Å². The van der Waals surface area contributed by atoms with Gasteiger partial charge in [0, 0.05) is 49.9 Å². The van der Waals surface area contributed by atoms with Crippen LogP contribution in [0.15, 0.2) is 33.7 Å². The smallest absolute Gasteiger partial charge is 0.193 e. The van der Waals surface area contributed by atoms with Crippen molar-refractivity contribution in [2.75, 3.05) is 44.7 Å². The van der Waals surface area contributed by atoms with Gasteiger partial charge in [0.15, 0.2) is 5.96 Å². The zero-order valence-corrected chi connectivity index (χ0v) is 16.4. The molecule has 1 aromatic carbocycles. The molecule has 3 rings (SSSR count). The van der Waals surface area contributed by atoms with Crippen molar-refractivity contribution in [3.05, 3.63) is 28.7 Å². The van der Waals surface area contributed by atoms with Crippen LogP contribution in [-0.2, 0) is 0 Å². The van der Waals surface area contributed by atoms with Crippen LogP contribution in [0, 0.1) is 11.8 Å². The molecule has 2 heterocycles. The van der Waals surface area contributed by atoms with Gasteiger partial charge in [0.1, 0.15) is 0 Å². The minimum absolute atomic E-state index is 0.689. The van der Waals surface area contributed by atoms with Crippen LogP contribution in [0.5, 0.6) is 0 Å². The summed E-state index contributed by atoms with van der Waals surface area (Å²) in [5.41, 5.74) is 1.33. The summed E-state index contributed by atoms with van der Waals surface area (Å²) in [6.45, 7) is 7.91. The quantitative estimate of drug-likeness (QED) is 0.629. The summed E-state index contributed by atoms with van der Waals surface area (Å²) in [7, 11) is 1.91. The minimum atomic E-state index is 0.689. The number of nitrogens with one attached hydrogen (secondary N) is 1. The first-order valence-electron chi connectivity index (χ1n) is 9.12. The van der Waals surface area contributed by atoms with E-state index in [4.69, 9.17) is 0 Å². The van der Waals surface area contributed by atoms with Crippen LogP contribution in [0.3, 0.4) is 0 Å². The van der Waals surface area contributed by atoms with E-state index in [2.05, 4.69) is 67.2 Å². The topological polar surface area (TPSA) is 30.9 Å². The first-order valence-corrected chi connectivity index (χ1v) is 9.91. The summed E-state index contributed by atoms with van der Waals surface area (Å²) in [5, 5.41) is 3.62. The van der Waals surface area contributed by atoms with E-state index >= 15 is 0 Å². The molecule has 0 aliphatic carbocycles. The molecule has 1 N–H and O–H groups in total. The number of aliphatic imine (C=N–C) groups is 1. The lowest BCUT2D eigenvalue weighted by Gasteiger charge is -2.33. The first-order chi connectivity index (χ1) is 11.7.